The standard InChI is InChI=1S/C26H26FNO6S/c1-31-21-6-9-23(10-7-21)35(29,30)28-13-12-24(18-2-4-20(27)5-3-18)19(15-28)16-32-22-8-11-25-26(14-22)34-17-33-25/h2-11,14,19,24H,12-13,15-17H2,1H3. The maximum atomic E-state index is 13.5. The lowest BCUT2D eigenvalue weighted by molar-refractivity contribution is 0.157. The molecule has 9 heteroatoms. The van der Waals surface area contributed by atoms with Gasteiger partial charge >= 0.3 is 0 Å². The van der Waals surface area contributed by atoms with Gasteiger partial charge in [0.2, 0.25) is 16.8 Å². The largest absolute Gasteiger partial charge is 0.497 e. The average molecular weight is 500 g/mol. The van der Waals surface area contributed by atoms with Crippen molar-refractivity contribution in [3.8, 4) is 23.0 Å². The number of halogens is 1. The second-order valence-corrected chi connectivity index (χ2v) is 10.5. The monoisotopic (exact) mass is 499 g/mol. The molecule has 35 heavy (non-hydrogen) atoms. The molecule has 0 amide bonds. The Labute approximate surface area is 204 Å². The first kappa shape index (κ1) is 23.4. The molecule has 2 heterocycles. The molecule has 2 aliphatic heterocycles. The van der Waals surface area contributed by atoms with Crippen molar-refractivity contribution >= 4 is 10.0 Å². The first-order valence-electron chi connectivity index (χ1n) is 11.4. The van der Waals surface area contributed by atoms with E-state index in [1.807, 2.05) is 0 Å². The molecule has 1 fully saturated rings. The molecule has 2 atom stereocenters. The third kappa shape index (κ3) is 4.92. The summed E-state index contributed by atoms with van der Waals surface area (Å²) in [5.74, 6) is 2.05. The zero-order valence-corrected chi connectivity index (χ0v) is 20.0. The Morgan fingerprint density at radius 2 is 1.69 bits per heavy atom. The number of rotatable bonds is 7. The highest BCUT2D eigenvalue weighted by Gasteiger charge is 2.37. The third-order valence-electron chi connectivity index (χ3n) is 6.50. The Morgan fingerprint density at radius 3 is 2.43 bits per heavy atom. The van der Waals surface area contributed by atoms with Crippen LogP contribution < -0.4 is 18.9 Å². The van der Waals surface area contributed by atoms with E-state index in [4.69, 9.17) is 18.9 Å². The lowest BCUT2D eigenvalue weighted by atomic mass is 9.81. The van der Waals surface area contributed by atoms with Gasteiger partial charge in [-0.15, -0.1) is 0 Å². The van der Waals surface area contributed by atoms with E-state index in [1.165, 1.54) is 23.5 Å². The van der Waals surface area contributed by atoms with Gasteiger partial charge in [0.1, 0.15) is 17.3 Å². The predicted octanol–water partition coefficient (Wildman–Crippen LogP) is 4.44. The summed E-state index contributed by atoms with van der Waals surface area (Å²) in [6.45, 7) is 1.10. The average Bonchev–Trinajstić information content (AvgIpc) is 3.36. The van der Waals surface area contributed by atoms with Crippen LogP contribution in [0, 0.1) is 11.7 Å². The molecule has 0 aliphatic carbocycles. The van der Waals surface area contributed by atoms with Gasteiger partial charge in [-0.2, -0.15) is 4.31 Å². The minimum absolute atomic E-state index is 0.0203. The van der Waals surface area contributed by atoms with Gasteiger partial charge in [0.05, 0.1) is 18.6 Å². The molecule has 2 aliphatic rings. The van der Waals surface area contributed by atoms with Gasteiger partial charge in [-0.05, 0) is 66.4 Å². The Bertz CT molecular complexity index is 1280. The minimum atomic E-state index is -3.70. The van der Waals surface area contributed by atoms with Crippen LogP contribution in [0.3, 0.4) is 0 Å². The zero-order valence-electron chi connectivity index (χ0n) is 19.2. The number of ether oxygens (including phenoxy) is 4. The van der Waals surface area contributed by atoms with Gasteiger partial charge in [0, 0.05) is 25.1 Å². The summed E-state index contributed by atoms with van der Waals surface area (Å²) in [7, 11) is -2.16. The molecule has 0 bridgehead atoms. The Balaban J connectivity index is 1.37. The Morgan fingerprint density at radius 1 is 0.971 bits per heavy atom. The van der Waals surface area contributed by atoms with Crippen molar-refractivity contribution < 1.29 is 31.8 Å². The van der Waals surface area contributed by atoms with E-state index in [-0.39, 0.29) is 42.5 Å². The van der Waals surface area contributed by atoms with Gasteiger partial charge in [-0.3, -0.25) is 0 Å². The van der Waals surface area contributed by atoms with Crippen LogP contribution >= 0.6 is 0 Å². The first-order valence-corrected chi connectivity index (χ1v) is 12.8. The molecule has 1 saturated heterocycles. The van der Waals surface area contributed by atoms with Crippen LogP contribution in [0.1, 0.15) is 17.9 Å². The van der Waals surface area contributed by atoms with Crippen molar-refractivity contribution in [1.29, 1.82) is 0 Å². The molecule has 5 rings (SSSR count). The highest BCUT2D eigenvalue weighted by Crippen LogP contribution is 2.38. The molecule has 2 unspecified atom stereocenters. The van der Waals surface area contributed by atoms with Gasteiger partial charge in [-0.1, -0.05) is 12.1 Å². The molecular weight excluding hydrogens is 473 g/mol. The smallest absolute Gasteiger partial charge is 0.243 e. The van der Waals surface area contributed by atoms with E-state index in [1.54, 1.807) is 54.6 Å². The normalized spacial score (nSPS) is 19.9. The molecular formula is C26H26FNO6S. The van der Waals surface area contributed by atoms with E-state index in [0.29, 0.717) is 36.0 Å². The minimum Gasteiger partial charge on any atom is -0.497 e. The number of piperidine rings is 1. The molecule has 184 valence electrons. The van der Waals surface area contributed by atoms with Crippen LogP contribution in [0.5, 0.6) is 23.0 Å². The molecule has 0 radical (unpaired) electrons. The highest BCUT2D eigenvalue weighted by molar-refractivity contribution is 7.89. The fourth-order valence-electron chi connectivity index (χ4n) is 4.60. The van der Waals surface area contributed by atoms with Crippen molar-refractivity contribution in [2.75, 3.05) is 33.6 Å². The van der Waals surface area contributed by atoms with Crippen LogP contribution in [0.4, 0.5) is 4.39 Å². The second-order valence-electron chi connectivity index (χ2n) is 8.57. The number of hydrogen-bond donors (Lipinski definition) is 0. The van der Waals surface area contributed by atoms with E-state index in [0.717, 1.165) is 5.56 Å². The molecule has 7 nitrogen and oxygen atoms in total. The molecule has 3 aromatic rings. The number of hydrogen-bond acceptors (Lipinski definition) is 6. The number of methoxy groups -OCH3 is 1. The summed E-state index contributed by atoms with van der Waals surface area (Å²) < 4.78 is 63.8. The molecule has 3 aromatic carbocycles. The summed E-state index contributed by atoms with van der Waals surface area (Å²) in [6.07, 6.45) is 0.593. The number of fused-ring (bicyclic) bond motifs is 1. The number of nitrogens with zero attached hydrogens (tertiary/aromatic N) is 1. The van der Waals surface area contributed by atoms with Gasteiger partial charge in [-0.25, -0.2) is 12.8 Å². The van der Waals surface area contributed by atoms with Crippen molar-refractivity contribution in [3.63, 3.8) is 0 Å². The lowest BCUT2D eigenvalue weighted by Crippen LogP contribution is -2.44. The maximum Gasteiger partial charge on any atom is 0.243 e. The quantitative estimate of drug-likeness (QED) is 0.479. The lowest BCUT2D eigenvalue weighted by Gasteiger charge is -2.38. The zero-order chi connectivity index (χ0) is 24.4. The number of sulfonamides is 1. The van der Waals surface area contributed by atoms with E-state index >= 15 is 0 Å². The fourth-order valence-corrected chi connectivity index (χ4v) is 6.11. The van der Waals surface area contributed by atoms with Gasteiger partial charge < -0.3 is 18.9 Å². The van der Waals surface area contributed by atoms with Crippen LogP contribution in [0.2, 0.25) is 0 Å². The van der Waals surface area contributed by atoms with E-state index < -0.39 is 10.0 Å². The Kier molecular flexibility index (Phi) is 6.53. The van der Waals surface area contributed by atoms with E-state index in [9.17, 15) is 12.8 Å². The van der Waals surface area contributed by atoms with Crippen molar-refractivity contribution in [2.24, 2.45) is 5.92 Å². The van der Waals surface area contributed by atoms with Gasteiger partial charge in [0.15, 0.2) is 11.5 Å². The topological polar surface area (TPSA) is 74.3 Å². The second kappa shape index (κ2) is 9.75. The van der Waals surface area contributed by atoms with Gasteiger partial charge in [0.25, 0.3) is 0 Å². The van der Waals surface area contributed by atoms with Crippen molar-refractivity contribution in [3.05, 3.63) is 78.1 Å². The number of benzene rings is 3. The summed E-state index contributed by atoms with van der Waals surface area (Å²) in [5.41, 5.74) is 0.965. The summed E-state index contributed by atoms with van der Waals surface area (Å²) >= 11 is 0. The predicted molar refractivity (Wildman–Crippen MR) is 127 cm³/mol. The SMILES string of the molecule is COc1ccc(S(=O)(=O)N2CCC(c3ccc(F)cc3)C(COc3ccc4c(c3)OCO4)C2)cc1. The Hall–Kier alpha value is -3.30. The van der Waals surface area contributed by atoms with Crippen molar-refractivity contribution in [1.82, 2.24) is 4.31 Å². The van der Waals surface area contributed by atoms with Crippen molar-refractivity contribution in [2.45, 2.75) is 17.2 Å². The van der Waals surface area contributed by atoms with E-state index in [2.05, 4.69) is 0 Å². The van der Waals surface area contributed by atoms with Crippen LogP contribution in [-0.2, 0) is 10.0 Å². The maximum absolute atomic E-state index is 13.5. The third-order valence-corrected chi connectivity index (χ3v) is 8.38. The van der Waals surface area contributed by atoms with Crippen LogP contribution in [-0.4, -0.2) is 46.3 Å². The first-order chi connectivity index (χ1) is 16.9. The molecule has 0 aromatic heterocycles. The molecule has 0 spiro atoms. The molecule has 0 N–H and O–H groups in total. The highest BCUT2D eigenvalue weighted by atomic mass is 32.2. The summed E-state index contributed by atoms with van der Waals surface area (Å²) in [4.78, 5) is 0.217. The summed E-state index contributed by atoms with van der Waals surface area (Å²) in [6, 6.07) is 18.1. The van der Waals surface area contributed by atoms with Crippen LogP contribution in [0.25, 0.3) is 0 Å². The summed E-state index contributed by atoms with van der Waals surface area (Å²) in [5, 5.41) is 0. The fraction of sp³-hybridized carbons (Fsp3) is 0.308. The molecule has 0 saturated carbocycles. The van der Waals surface area contributed by atoms with Crippen LogP contribution in [0.15, 0.2) is 71.6 Å².